The van der Waals surface area contributed by atoms with Gasteiger partial charge in [-0.05, 0) is 24.8 Å². The highest BCUT2D eigenvalue weighted by Gasteiger charge is 2.06. The first-order valence-electron chi connectivity index (χ1n) is 5.24. The van der Waals surface area contributed by atoms with E-state index in [1.807, 2.05) is 6.92 Å². The van der Waals surface area contributed by atoms with Crippen molar-refractivity contribution in [1.29, 1.82) is 0 Å². The van der Waals surface area contributed by atoms with E-state index in [2.05, 4.69) is 34.8 Å². The fourth-order valence-electron chi connectivity index (χ4n) is 0.393. The summed E-state index contributed by atoms with van der Waals surface area (Å²) in [4.78, 5) is 19.6. The number of rotatable bonds is 4. The van der Waals surface area contributed by atoms with Gasteiger partial charge in [0.05, 0.1) is 0 Å². The van der Waals surface area contributed by atoms with Crippen molar-refractivity contribution in [3.8, 4) is 0 Å². The number of carboxylic acid groups (broad SMARTS) is 2. The molecule has 0 aliphatic rings. The van der Waals surface area contributed by atoms with Crippen LogP contribution in [-0.2, 0) is 9.59 Å². The van der Waals surface area contributed by atoms with E-state index >= 15 is 0 Å². The van der Waals surface area contributed by atoms with Gasteiger partial charge in [-0.3, -0.25) is 9.59 Å². The molecule has 0 rings (SSSR count). The Morgan fingerprint density at radius 3 is 1.59 bits per heavy atom. The molecular formula is C10H23IN2O4. The number of carbonyl (C=O) groups is 2. The van der Waals surface area contributed by atoms with Crippen LogP contribution in [0, 0.1) is 0 Å². The number of likely N-dealkylation sites (N-methyl/N-ethyl adjacent to an activating group) is 1. The summed E-state index contributed by atoms with van der Waals surface area (Å²) >= 11 is 2.29. The quantitative estimate of drug-likeness (QED) is 0.437. The number of hydrogen-bond acceptors (Lipinski definition) is 4. The Hall–Kier alpha value is -0.410. The second kappa shape index (κ2) is 15.6. The van der Waals surface area contributed by atoms with Gasteiger partial charge in [-0.2, -0.15) is 0 Å². The second-order valence-electron chi connectivity index (χ2n) is 3.01. The van der Waals surface area contributed by atoms with Crippen molar-refractivity contribution in [3.63, 3.8) is 0 Å². The van der Waals surface area contributed by atoms with Crippen molar-refractivity contribution in [2.45, 2.75) is 39.8 Å². The highest BCUT2D eigenvalue weighted by molar-refractivity contribution is 14.1. The van der Waals surface area contributed by atoms with E-state index in [0.717, 1.165) is 0 Å². The molecule has 17 heavy (non-hydrogen) atoms. The first kappa shape index (κ1) is 21.8. The molecule has 0 aliphatic carbocycles. The van der Waals surface area contributed by atoms with Crippen molar-refractivity contribution in [2.75, 3.05) is 11.0 Å². The molecule has 5 N–H and O–H groups in total. The lowest BCUT2D eigenvalue weighted by molar-refractivity contribution is -0.139. The van der Waals surface area contributed by atoms with Gasteiger partial charge in [-0.15, -0.1) is 0 Å². The van der Waals surface area contributed by atoms with Crippen LogP contribution in [0.25, 0.3) is 0 Å². The molecule has 0 unspecified atom stereocenters. The van der Waals surface area contributed by atoms with Crippen LogP contribution in [0.3, 0.4) is 0 Å². The number of carboxylic acids is 2. The standard InChI is InChI=1S/C5H11NO2.C3H7NO2.C2H5I/c1-3-6-4(2)5(7)8;1-2(4)3(5)6;1-2-3/h4,6H,3H2,1-2H3,(H,7,8);2H,4H2,1H3,(H,5,6);2H2,1H3/t4-;2-;/m00./s1. The zero-order valence-corrected chi connectivity index (χ0v) is 12.9. The van der Waals surface area contributed by atoms with E-state index in [1.54, 1.807) is 6.92 Å². The maximum atomic E-state index is 10.0. The molecule has 7 heteroatoms. The van der Waals surface area contributed by atoms with Crippen LogP contribution in [0.4, 0.5) is 0 Å². The van der Waals surface area contributed by atoms with Crippen molar-refractivity contribution in [3.05, 3.63) is 0 Å². The lowest BCUT2D eigenvalue weighted by atomic mass is 10.3. The van der Waals surface area contributed by atoms with Gasteiger partial charge in [0.2, 0.25) is 0 Å². The van der Waals surface area contributed by atoms with Gasteiger partial charge < -0.3 is 21.3 Å². The van der Waals surface area contributed by atoms with Crippen molar-refractivity contribution >= 4 is 34.5 Å². The molecule has 0 aromatic heterocycles. The normalized spacial score (nSPS) is 12.1. The Bertz CT molecular complexity index is 201. The molecule has 0 fully saturated rings. The van der Waals surface area contributed by atoms with Gasteiger partial charge in [0.15, 0.2) is 0 Å². The fraction of sp³-hybridized carbons (Fsp3) is 0.800. The first-order valence-corrected chi connectivity index (χ1v) is 6.77. The summed E-state index contributed by atoms with van der Waals surface area (Å²) in [6.07, 6.45) is 0. The SMILES string of the molecule is CCI.CCN[C@@H](C)C(=O)O.C[C@H](N)C(=O)O. The molecular weight excluding hydrogens is 339 g/mol. The van der Waals surface area contributed by atoms with E-state index in [4.69, 9.17) is 15.9 Å². The molecule has 0 aliphatic heterocycles. The summed E-state index contributed by atoms with van der Waals surface area (Å²) in [6.45, 7) is 7.72. The summed E-state index contributed by atoms with van der Waals surface area (Å²) in [7, 11) is 0. The summed E-state index contributed by atoms with van der Waals surface area (Å²) in [5.41, 5.74) is 4.84. The van der Waals surface area contributed by atoms with Crippen molar-refractivity contribution in [1.82, 2.24) is 5.32 Å². The Morgan fingerprint density at radius 2 is 1.53 bits per heavy atom. The molecule has 2 atom stereocenters. The van der Waals surface area contributed by atoms with Crippen LogP contribution < -0.4 is 11.1 Å². The molecule has 0 bridgehead atoms. The monoisotopic (exact) mass is 362 g/mol. The van der Waals surface area contributed by atoms with Gasteiger partial charge in [0, 0.05) is 0 Å². The number of aliphatic carboxylic acids is 2. The molecule has 6 nitrogen and oxygen atoms in total. The molecule has 0 amide bonds. The van der Waals surface area contributed by atoms with Crippen LogP contribution in [0.2, 0.25) is 0 Å². The largest absolute Gasteiger partial charge is 0.480 e. The maximum Gasteiger partial charge on any atom is 0.320 e. The summed E-state index contributed by atoms with van der Waals surface area (Å²) in [6, 6.07) is -1.15. The van der Waals surface area contributed by atoms with Gasteiger partial charge in [-0.25, -0.2) is 0 Å². The van der Waals surface area contributed by atoms with Gasteiger partial charge in [-0.1, -0.05) is 36.4 Å². The number of nitrogens with two attached hydrogens (primary N) is 1. The Labute approximate surface area is 116 Å². The molecule has 0 saturated heterocycles. The zero-order chi connectivity index (χ0) is 14.4. The fourth-order valence-corrected chi connectivity index (χ4v) is 0.393. The minimum atomic E-state index is -0.963. The van der Waals surface area contributed by atoms with Crippen LogP contribution in [-0.4, -0.2) is 45.2 Å². The molecule has 104 valence electrons. The van der Waals surface area contributed by atoms with E-state index in [0.29, 0.717) is 6.54 Å². The van der Waals surface area contributed by atoms with Gasteiger partial charge >= 0.3 is 11.9 Å². The minimum absolute atomic E-state index is 0.417. The third-order valence-corrected chi connectivity index (χ3v) is 1.27. The van der Waals surface area contributed by atoms with E-state index in [-0.39, 0.29) is 0 Å². The summed E-state index contributed by atoms with van der Waals surface area (Å²) < 4.78 is 1.22. The Balaban J connectivity index is -0.000000193. The smallest absolute Gasteiger partial charge is 0.320 e. The van der Waals surface area contributed by atoms with E-state index in [1.165, 1.54) is 11.4 Å². The average molecular weight is 362 g/mol. The minimum Gasteiger partial charge on any atom is -0.480 e. The van der Waals surface area contributed by atoms with Crippen LogP contribution >= 0.6 is 22.6 Å². The Morgan fingerprint density at radius 1 is 1.24 bits per heavy atom. The predicted octanol–water partition coefficient (Wildman–Crippen LogP) is 0.929. The van der Waals surface area contributed by atoms with Crippen LogP contribution in [0.1, 0.15) is 27.7 Å². The van der Waals surface area contributed by atoms with Crippen molar-refractivity contribution < 1.29 is 19.8 Å². The maximum absolute atomic E-state index is 10.0. The topological polar surface area (TPSA) is 113 Å². The van der Waals surface area contributed by atoms with Gasteiger partial charge in [0.25, 0.3) is 0 Å². The molecule has 0 spiro atoms. The highest BCUT2D eigenvalue weighted by atomic mass is 127. The molecule has 0 aromatic rings. The number of alkyl halides is 1. The predicted molar refractivity (Wildman–Crippen MR) is 76.6 cm³/mol. The number of hydrogen-bond donors (Lipinski definition) is 4. The number of halogens is 1. The number of nitrogens with one attached hydrogen (secondary N) is 1. The zero-order valence-electron chi connectivity index (χ0n) is 10.7. The molecule has 0 heterocycles. The molecule has 0 aromatic carbocycles. The third kappa shape index (κ3) is 25.7. The average Bonchev–Trinajstić information content (AvgIpc) is 2.19. The first-order chi connectivity index (χ1) is 7.74. The van der Waals surface area contributed by atoms with Crippen molar-refractivity contribution in [2.24, 2.45) is 5.73 Å². The van der Waals surface area contributed by atoms with Crippen LogP contribution in [0.5, 0.6) is 0 Å². The third-order valence-electron chi connectivity index (χ3n) is 1.27. The second-order valence-corrected chi connectivity index (χ2v) is 4.54. The molecule has 0 radical (unpaired) electrons. The van der Waals surface area contributed by atoms with E-state index < -0.39 is 24.0 Å². The highest BCUT2D eigenvalue weighted by Crippen LogP contribution is 1.77. The van der Waals surface area contributed by atoms with Crippen LogP contribution in [0.15, 0.2) is 0 Å². The molecule has 0 saturated carbocycles. The lowest BCUT2D eigenvalue weighted by Gasteiger charge is -2.03. The van der Waals surface area contributed by atoms with E-state index in [9.17, 15) is 9.59 Å². The Kier molecular flexibility index (Phi) is 20.0. The lowest BCUT2D eigenvalue weighted by Crippen LogP contribution is -2.33. The summed E-state index contributed by atoms with van der Waals surface area (Å²) in [5.74, 6) is -1.76. The van der Waals surface area contributed by atoms with Gasteiger partial charge in [0.1, 0.15) is 12.1 Å². The summed E-state index contributed by atoms with van der Waals surface area (Å²) in [5, 5.41) is 18.9.